The molecule has 11 aromatic carbocycles. The minimum Gasteiger partial charge on any atom is -0.309 e. The molecular weight excluding hydrogens is 809 g/mol. The van der Waals surface area contributed by atoms with E-state index < -0.39 is 5.41 Å². The molecule has 2 aromatic heterocycles. The van der Waals surface area contributed by atoms with Gasteiger partial charge in [0.25, 0.3) is 0 Å². The summed E-state index contributed by atoms with van der Waals surface area (Å²) in [5, 5.41) is 7.57. The van der Waals surface area contributed by atoms with Gasteiger partial charge in [0, 0.05) is 32.9 Å². The third kappa shape index (κ3) is 4.89. The number of rotatable bonds is 4. The third-order valence-electron chi connectivity index (χ3n) is 15.1. The highest BCUT2D eigenvalue weighted by Crippen LogP contribution is 2.65. The highest BCUT2D eigenvalue weighted by atomic mass is 15.0. The van der Waals surface area contributed by atoms with Crippen LogP contribution >= 0.6 is 0 Å². The molecule has 0 fully saturated rings. The quantitative estimate of drug-likeness (QED) is 0.167. The zero-order valence-corrected chi connectivity index (χ0v) is 36.5. The molecule has 0 saturated heterocycles. The number of hydrogen-bond donors (Lipinski definition) is 0. The Balaban J connectivity index is 0.957. The van der Waals surface area contributed by atoms with E-state index in [2.05, 4.69) is 252 Å². The van der Waals surface area contributed by atoms with Crippen molar-refractivity contribution in [1.82, 2.24) is 9.13 Å². The fourth-order valence-electron chi connectivity index (χ4n) is 12.4. The van der Waals surface area contributed by atoms with Crippen molar-refractivity contribution in [1.29, 1.82) is 0 Å². The van der Waals surface area contributed by atoms with Gasteiger partial charge in [0.2, 0.25) is 0 Å². The van der Waals surface area contributed by atoms with E-state index in [4.69, 9.17) is 0 Å². The second kappa shape index (κ2) is 13.7. The molecular formula is C65H40N2. The molecule has 310 valence electrons. The van der Waals surface area contributed by atoms with Crippen LogP contribution in [-0.2, 0) is 5.41 Å². The summed E-state index contributed by atoms with van der Waals surface area (Å²) in [6.45, 7) is 0. The van der Waals surface area contributed by atoms with Gasteiger partial charge in [-0.15, -0.1) is 0 Å². The number of aromatic nitrogens is 2. The predicted octanol–water partition coefficient (Wildman–Crippen LogP) is 16.7. The van der Waals surface area contributed by atoms with Crippen LogP contribution in [0, 0.1) is 0 Å². The molecule has 0 N–H and O–H groups in total. The standard InChI is InChI=1S/C65H40N2/c1-3-17-45(18-4-1)66-59-29-14-11-22-49(59)52-38-42(31-35-60(52)66)43-32-36-61-53(39-43)54-40-44(33-37-62(54)67(61)46-19-5-2-6-20-46)48-25-15-28-57-64(48)51-24-10-13-27-56(51)65(57)55-26-12-9-23-50(55)63-47-21-8-7-16-41(47)30-34-58(63)65/h1-40H. The van der Waals surface area contributed by atoms with Crippen molar-refractivity contribution in [2.45, 2.75) is 5.41 Å². The Labute approximate surface area is 387 Å². The Morgan fingerprint density at radius 2 is 0.701 bits per heavy atom. The topological polar surface area (TPSA) is 9.86 Å². The average molecular weight is 849 g/mol. The zero-order chi connectivity index (χ0) is 43.8. The van der Waals surface area contributed by atoms with E-state index in [9.17, 15) is 0 Å². The van der Waals surface area contributed by atoms with Crippen LogP contribution in [0.4, 0.5) is 0 Å². The maximum absolute atomic E-state index is 2.46. The molecule has 1 unspecified atom stereocenters. The van der Waals surface area contributed by atoms with Gasteiger partial charge in [-0.2, -0.15) is 0 Å². The third-order valence-corrected chi connectivity index (χ3v) is 15.1. The lowest BCUT2D eigenvalue weighted by atomic mass is 9.70. The summed E-state index contributed by atoms with van der Waals surface area (Å²) >= 11 is 0. The van der Waals surface area contributed by atoms with E-state index in [1.165, 1.54) is 127 Å². The molecule has 2 nitrogen and oxygen atoms in total. The van der Waals surface area contributed by atoms with Gasteiger partial charge in [-0.3, -0.25) is 0 Å². The second-order valence-corrected chi connectivity index (χ2v) is 18.3. The van der Waals surface area contributed by atoms with Crippen LogP contribution in [0.15, 0.2) is 243 Å². The first-order chi connectivity index (χ1) is 33.3. The van der Waals surface area contributed by atoms with E-state index >= 15 is 0 Å². The second-order valence-electron chi connectivity index (χ2n) is 18.3. The molecule has 67 heavy (non-hydrogen) atoms. The largest absolute Gasteiger partial charge is 0.309 e. The van der Waals surface area contributed by atoms with Crippen LogP contribution in [0.5, 0.6) is 0 Å². The van der Waals surface area contributed by atoms with Crippen molar-refractivity contribution in [2.24, 2.45) is 0 Å². The van der Waals surface area contributed by atoms with Gasteiger partial charge in [0.05, 0.1) is 27.5 Å². The number of benzene rings is 11. The molecule has 0 saturated carbocycles. The first-order valence-electron chi connectivity index (χ1n) is 23.3. The molecule has 2 heterocycles. The molecule has 15 rings (SSSR count). The number of nitrogens with zero attached hydrogens (tertiary/aromatic N) is 2. The van der Waals surface area contributed by atoms with Crippen molar-refractivity contribution in [2.75, 3.05) is 0 Å². The highest BCUT2D eigenvalue weighted by Gasteiger charge is 2.52. The SMILES string of the molecule is c1ccc(-n2c3ccccc3c3cc(-c4ccc5c(c4)c4cc(-c6cccc7c6-c6ccccc6C76c7ccccc7-c7c6ccc6ccccc76)ccc4n5-c4ccccc4)ccc32)cc1. The van der Waals surface area contributed by atoms with Gasteiger partial charge in [-0.1, -0.05) is 176 Å². The predicted molar refractivity (Wildman–Crippen MR) is 280 cm³/mol. The summed E-state index contributed by atoms with van der Waals surface area (Å²) < 4.78 is 4.82. The molecule has 2 aliphatic carbocycles. The van der Waals surface area contributed by atoms with Crippen molar-refractivity contribution in [3.8, 4) is 55.9 Å². The number of para-hydroxylation sites is 3. The Hall–Kier alpha value is -8.72. The summed E-state index contributed by atoms with van der Waals surface area (Å²) in [4.78, 5) is 0. The molecule has 0 radical (unpaired) electrons. The van der Waals surface area contributed by atoms with E-state index in [-0.39, 0.29) is 0 Å². The highest BCUT2D eigenvalue weighted by molar-refractivity contribution is 6.14. The number of fused-ring (bicyclic) bond motifs is 18. The Morgan fingerprint density at radius 3 is 1.36 bits per heavy atom. The minimum atomic E-state index is -0.436. The van der Waals surface area contributed by atoms with Crippen LogP contribution < -0.4 is 0 Å². The van der Waals surface area contributed by atoms with Crippen LogP contribution in [0.1, 0.15) is 22.3 Å². The van der Waals surface area contributed by atoms with Gasteiger partial charge < -0.3 is 9.13 Å². The fraction of sp³-hybridized carbons (Fsp3) is 0.0154. The van der Waals surface area contributed by atoms with Crippen LogP contribution in [0.25, 0.3) is 110 Å². The number of hydrogen-bond acceptors (Lipinski definition) is 0. The van der Waals surface area contributed by atoms with E-state index in [1.54, 1.807) is 0 Å². The van der Waals surface area contributed by atoms with Crippen molar-refractivity contribution in [3.05, 3.63) is 265 Å². The minimum absolute atomic E-state index is 0.436. The zero-order valence-electron chi connectivity index (χ0n) is 36.5. The summed E-state index contributed by atoms with van der Waals surface area (Å²) in [5.41, 5.74) is 22.3. The maximum atomic E-state index is 2.46. The van der Waals surface area contributed by atoms with E-state index in [0.717, 1.165) is 5.69 Å². The Kier molecular flexibility index (Phi) is 7.46. The molecule has 2 heteroatoms. The summed E-state index contributed by atoms with van der Waals surface area (Å²) in [6, 6.07) is 90.5. The summed E-state index contributed by atoms with van der Waals surface area (Å²) in [7, 11) is 0. The van der Waals surface area contributed by atoms with Gasteiger partial charge in [-0.05, 0) is 144 Å². The molecule has 2 aliphatic rings. The first kappa shape index (κ1) is 36.6. The smallest absolute Gasteiger partial charge is 0.0725 e. The van der Waals surface area contributed by atoms with Gasteiger partial charge in [0.1, 0.15) is 0 Å². The van der Waals surface area contributed by atoms with Crippen LogP contribution in [0.2, 0.25) is 0 Å². The molecule has 0 bridgehead atoms. The van der Waals surface area contributed by atoms with E-state index in [0.29, 0.717) is 0 Å². The monoisotopic (exact) mass is 848 g/mol. The summed E-state index contributed by atoms with van der Waals surface area (Å²) in [5.74, 6) is 0. The molecule has 0 aliphatic heterocycles. The normalized spacial score (nSPS) is 14.6. The summed E-state index contributed by atoms with van der Waals surface area (Å²) in [6.07, 6.45) is 0. The molecule has 13 aromatic rings. The lowest BCUT2D eigenvalue weighted by molar-refractivity contribution is 0.794. The van der Waals surface area contributed by atoms with Crippen molar-refractivity contribution in [3.63, 3.8) is 0 Å². The lowest BCUT2D eigenvalue weighted by Crippen LogP contribution is -2.25. The first-order valence-corrected chi connectivity index (χ1v) is 23.3. The maximum Gasteiger partial charge on any atom is 0.0725 e. The van der Waals surface area contributed by atoms with Gasteiger partial charge in [0.15, 0.2) is 0 Å². The average Bonchev–Trinajstić information content (AvgIpc) is 4.11. The Morgan fingerprint density at radius 1 is 0.254 bits per heavy atom. The van der Waals surface area contributed by atoms with E-state index in [1.807, 2.05) is 0 Å². The van der Waals surface area contributed by atoms with Crippen LogP contribution in [-0.4, -0.2) is 9.13 Å². The fourth-order valence-corrected chi connectivity index (χ4v) is 12.4. The molecule has 1 spiro atoms. The Bertz CT molecular complexity index is 4210. The van der Waals surface area contributed by atoms with Crippen molar-refractivity contribution >= 4 is 54.4 Å². The molecule has 1 atom stereocenters. The van der Waals surface area contributed by atoms with Crippen molar-refractivity contribution < 1.29 is 0 Å². The van der Waals surface area contributed by atoms with Crippen LogP contribution in [0.3, 0.4) is 0 Å². The van der Waals surface area contributed by atoms with Gasteiger partial charge in [-0.25, -0.2) is 0 Å². The van der Waals surface area contributed by atoms with Gasteiger partial charge >= 0.3 is 0 Å². The lowest BCUT2D eigenvalue weighted by Gasteiger charge is -2.30. The molecule has 0 amide bonds.